The van der Waals surface area contributed by atoms with Gasteiger partial charge in [-0.3, -0.25) is 14.4 Å². The number of ketones is 2. The second-order valence-electron chi connectivity index (χ2n) is 9.53. The van der Waals surface area contributed by atoms with E-state index in [0.717, 1.165) is 32.1 Å². The van der Waals surface area contributed by atoms with Crippen LogP contribution in [0.4, 0.5) is 0 Å². The van der Waals surface area contributed by atoms with Crippen LogP contribution >= 0.6 is 0 Å². The summed E-state index contributed by atoms with van der Waals surface area (Å²) in [4.78, 5) is 36.4. The smallest absolute Gasteiger partial charge is 0.302 e. The van der Waals surface area contributed by atoms with Crippen molar-refractivity contribution in [1.29, 1.82) is 0 Å². The number of Topliss-reactive ketones (excluding diaryl/α,β-unsaturated/α-hetero) is 2. The molecule has 0 spiro atoms. The first kappa shape index (κ1) is 17.2. The first-order valence-electron chi connectivity index (χ1n) is 9.98. The predicted octanol–water partition coefficient (Wildman–Crippen LogP) is 3.71. The third-order valence-corrected chi connectivity index (χ3v) is 8.50. The Kier molecular flexibility index (Phi) is 3.90. The first-order valence-corrected chi connectivity index (χ1v) is 9.98. The Morgan fingerprint density at radius 3 is 2.52 bits per heavy atom. The molecule has 4 saturated carbocycles. The van der Waals surface area contributed by atoms with Crippen molar-refractivity contribution in [1.82, 2.24) is 0 Å². The van der Waals surface area contributed by atoms with Gasteiger partial charge in [0.2, 0.25) is 0 Å². The molecule has 4 rings (SSSR count). The Morgan fingerprint density at radius 2 is 1.80 bits per heavy atom. The van der Waals surface area contributed by atoms with Crippen LogP contribution in [0.3, 0.4) is 0 Å². The number of carbonyl (C=O) groups excluding carboxylic acids is 3. The summed E-state index contributed by atoms with van der Waals surface area (Å²) in [5.74, 6) is 2.09. The second-order valence-corrected chi connectivity index (χ2v) is 9.53. The summed E-state index contributed by atoms with van der Waals surface area (Å²) in [6, 6.07) is 0. The molecule has 4 nitrogen and oxygen atoms in total. The number of hydrogen-bond acceptors (Lipinski definition) is 4. The van der Waals surface area contributed by atoms with Crippen LogP contribution in [0.1, 0.15) is 72.1 Å². The normalized spacial score (nSPS) is 49.2. The van der Waals surface area contributed by atoms with Crippen molar-refractivity contribution in [3.05, 3.63) is 0 Å². The lowest BCUT2D eigenvalue weighted by Crippen LogP contribution is -2.58. The van der Waals surface area contributed by atoms with Crippen molar-refractivity contribution < 1.29 is 19.1 Å². The molecule has 7 unspecified atom stereocenters. The average Bonchev–Trinajstić information content (AvgIpc) is 2.84. The summed E-state index contributed by atoms with van der Waals surface area (Å²) in [6.07, 6.45) is 6.57. The van der Waals surface area contributed by atoms with E-state index in [1.165, 1.54) is 6.92 Å². The fourth-order valence-electron chi connectivity index (χ4n) is 7.17. The summed E-state index contributed by atoms with van der Waals surface area (Å²) < 4.78 is 5.76. The Labute approximate surface area is 150 Å². The summed E-state index contributed by atoms with van der Waals surface area (Å²) in [5.41, 5.74) is -0.112. The maximum absolute atomic E-state index is 12.5. The molecular formula is C21H30O4. The van der Waals surface area contributed by atoms with Gasteiger partial charge in [0.1, 0.15) is 17.7 Å². The Hall–Kier alpha value is -1.19. The number of fused-ring (bicyclic) bond motifs is 5. The molecule has 0 radical (unpaired) electrons. The van der Waals surface area contributed by atoms with E-state index in [1.54, 1.807) is 0 Å². The zero-order chi connectivity index (χ0) is 18.0. The van der Waals surface area contributed by atoms with Crippen molar-refractivity contribution in [3.63, 3.8) is 0 Å². The molecule has 0 N–H and O–H groups in total. The van der Waals surface area contributed by atoms with E-state index in [0.29, 0.717) is 48.6 Å². The highest BCUT2D eigenvalue weighted by molar-refractivity contribution is 5.87. The maximum atomic E-state index is 12.5. The lowest BCUT2D eigenvalue weighted by molar-refractivity contribution is -0.185. The van der Waals surface area contributed by atoms with Crippen molar-refractivity contribution in [3.8, 4) is 0 Å². The SMILES string of the molecule is CC(=O)OC1CC2C3CCC(=O)C3(C)CCC2C2(C)CCC(=O)CC12. The molecule has 4 aliphatic carbocycles. The van der Waals surface area contributed by atoms with E-state index in [2.05, 4.69) is 13.8 Å². The molecule has 0 saturated heterocycles. The highest BCUT2D eigenvalue weighted by atomic mass is 16.5. The second kappa shape index (κ2) is 5.65. The summed E-state index contributed by atoms with van der Waals surface area (Å²) in [6.45, 7) is 5.97. The largest absolute Gasteiger partial charge is 0.462 e. The van der Waals surface area contributed by atoms with Crippen molar-refractivity contribution >= 4 is 17.5 Å². The quantitative estimate of drug-likeness (QED) is 0.679. The molecule has 0 bridgehead atoms. The summed E-state index contributed by atoms with van der Waals surface area (Å²) >= 11 is 0. The standard InChI is InChI=1S/C21H30O4/c1-12(22)25-18-11-14-15-4-5-19(24)21(15,3)9-7-16(14)20(2)8-6-13(23)10-17(18)20/h14-18H,4-11H2,1-3H3. The minimum atomic E-state index is -0.245. The molecule has 4 fully saturated rings. The topological polar surface area (TPSA) is 60.4 Å². The van der Waals surface area contributed by atoms with Gasteiger partial charge in [0.25, 0.3) is 0 Å². The van der Waals surface area contributed by atoms with Gasteiger partial charge in [-0.1, -0.05) is 13.8 Å². The van der Waals surface area contributed by atoms with E-state index < -0.39 is 0 Å². The van der Waals surface area contributed by atoms with Crippen molar-refractivity contribution in [2.45, 2.75) is 78.2 Å². The lowest BCUT2D eigenvalue weighted by Gasteiger charge is -2.60. The van der Waals surface area contributed by atoms with Gasteiger partial charge in [0.15, 0.2) is 0 Å². The molecule has 0 aromatic carbocycles. The third kappa shape index (κ3) is 2.43. The molecule has 7 atom stereocenters. The van der Waals surface area contributed by atoms with Crippen LogP contribution in [0, 0.1) is 34.5 Å². The highest BCUT2D eigenvalue weighted by Crippen LogP contribution is 2.65. The van der Waals surface area contributed by atoms with E-state index in [1.807, 2.05) is 0 Å². The van der Waals surface area contributed by atoms with Crippen LogP contribution in [-0.4, -0.2) is 23.6 Å². The number of hydrogen-bond donors (Lipinski definition) is 0. The van der Waals surface area contributed by atoms with Crippen molar-refractivity contribution in [2.75, 3.05) is 0 Å². The predicted molar refractivity (Wildman–Crippen MR) is 92.7 cm³/mol. The Morgan fingerprint density at radius 1 is 1.04 bits per heavy atom. The molecule has 0 aromatic heterocycles. The van der Waals surface area contributed by atoms with E-state index in [-0.39, 0.29) is 28.8 Å². The minimum Gasteiger partial charge on any atom is -0.462 e. The maximum Gasteiger partial charge on any atom is 0.302 e. The molecule has 0 amide bonds. The first-order chi connectivity index (χ1) is 11.8. The summed E-state index contributed by atoms with van der Waals surface area (Å²) in [5, 5.41) is 0. The minimum absolute atomic E-state index is 0.0594. The van der Waals surface area contributed by atoms with Crippen LogP contribution < -0.4 is 0 Å². The Bertz CT molecular complexity index is 625. The number of carbonyl (C=O) groups is 3. The van der Waals surface area contributed by atoms with Gasteiger partial charge in [0.05, 0.1) is 0 Å². The molecule has 4 heteroatoms. The van der Waals surface area contributed by atoms with Gasteiger partial charge in [0, 0.05) is 37.5 Å². The highest BCUT2D eigenvalue weighted by Gasteiger charge is 2.62. The molecule has 138 valence electrons. The molecule has 0 aliphatic heterocycles. The molecule has 4 aliphatic rings. The fraction of sp³-hybridized carbons (Fsp3) is 0.857. The van der Waals surface area contributed by atoms with Gasteiger partial charge in [-0.25, -0.2) is 0 Å². The van der Waals surface area contributed by atoms with Gasteiger partial charge >= 0.3 is 5.97 Å². The zero-order valence-corrected chi connectivity index (χ0v) is 15.7. The van der Waals surface area contributed by atoms with Crippen LogP contribution in [-0.2, 0) is 19.1 Å². The molecule has 0 aromatic rings. The monoisotopic (exact) mass is 346 g/mol. The summed E-state index contributed by atoms with van der Waals surface area (Å²) in [7, 11) is 0. The van der Waals surface area contributed by atoms with Gasteiger partial charge in [-0.2, -0.15) is 0 Å². The van der Waals surface area contributed by atoms with Gasteiger partial charge in [-0.15, -0.1) is 0 Å². The van der Waals surface area contributed by atoms with Gasteiger partial charge < -0.3 is 4.74 Å². The van der Waals surface area contributed by atoms with Crippen LogP contribution in [0.5, 0.6) is 0 Å². The average molecular weight is 346 g/mol. The number of ether oxygens (including phenoxy) is 1. The van der Waals surface area contributed by atoms with E-state index in [9.17, 15) is 14.4 Å². The van der Waals surface area contributed by atoms with E-state index >= 15 is 0 Å². The van der Waals surface area contributed by atoms with Crippen LogP contribution in [0.2, 0.25) is 0 Å². The van der Waals surface area contributed by atoms with Crippen molar-refractivity contribution in [2.24, 2.45) is 34.5 Å². The fourth-order valence-corrected chi connectivity index (χ4v) is 7.17. The molecule has 0 heterocycles. The van der Waals surface area contributed by atoms with Gasteiger partial charge in [-0.05, 0) is 55.3 Å². The Balaban J connectivity index is 1.71. The van der Waals surface area contributed by atoms with Crippen LogP contribution in [0.15, 0.2) is 0 Å². The number of rotatable bonds is 1. The molecule has 25 heavy (non-hydrogen) atoms. The van der Waals surface area contributed by atoms with Crippen LogP contribution in [0.25, 0.3) is 0 Å². The lowest BCUT2D eigenvalue weighted by atomic mass is 9.44. The molecular weight excluding hydrogens is 316 g/mol. The number of esters is 1. The van der Waals surface area contributed by atoms with E-state index in [4.69, 9.17) is 4.74 Å². The third-order valence-electron chi connectivity index (χ3n) is 8.50. The zero-order valence-electron chi connectivity index (χ0n) is 15.7.